The molecular weight excluding hydrogens is 374 g/mol. The summed E-state index contributed by atoms with van der Waals surface area (Å²) in [5.74, 6) is 1.85. The third kappa shape index (κ3) is 5.17. The van der Waals surface area contributed by atoms with Gasteiger partial charge in [0.2, 0.25) is 0 Å². The maximum Gasteiger partial charge on any atom is 0.134 e. The van der Waals surface area contributed by atoms with E-state index in [1.54, 1.807) is 0 Å². The van der Waals surface area contributed by atoms with Crippen molar-refractivity contribution in [3.05, 3.63) is 77.3 Å². The minimum absolute atomic E-state index is 0.212. The van der Waals surface area contributed by atoms with Crippen molar-refractivity contribution in [2.75, 3.05) is 26.2 Å². The second kappa shape index (κ2) is 9.56. The van der Waals surface area contributed by atoms with Crippen LogP contribution in [0.5, 0.6) is 0 Å². The maximum atomic E-state index is 9.62. The lowest BCUT2D eigenvalue weighted by Crippen LogP contribution is -2.52. The van der Waals surface area contributed by atoms with Crippen molar-refractivity contribution in [3.8, 4) is 11.3 Å². The summed E-state index contributed by atoms with van der Waals surface area (Å²) in [5, 5.41) is 9.62. The second-order valence-electron chi connectivity index (χ2n) is 8.25. The average molecular weight is 406 g/mol. The number of aromatic nitrogens is 1. The predicted octanol–water partition coefficient (Wildman–Crippen LogP) is 4.03. The van der Waals surface area contributed by atoms with Gasteiger partial charge in [0.1, 0.15) is 11.5 Å². The van der Waals surface area contributed by atoms with Gasteiger partial charge in [-0.1, -0.05) is 24.3 Å². The Morgan fingerprint density at radius 2 is 1.90 bits per heavy atom. The second-order valence-corrected chi connectivity index (χ2v) is 8.25. The Morgan fingerprint density at radius 3 is 2.67 bits per heavy atom. The number of pyridine rings is 1. The number of rotatable bonds is 7. The highest BCUT2D eigenvalue weighted by molar-refractivity contribution is 5.58. The zero-order chi connectivity index (χ0) is 20.9. The molecule has 0 radical (unpaired) electrons. The Bertz CT molecular complexity index is 968. The molecule has 1 saturated heterocycles. The van der Waals surface area contributed by atoms with E-state index in [-0.39, 0.29) is 6.61 Å². The summed E-state index contributed by atoms with van der Waals surface area (Å²) < 4.78 is 5.79. The van der Waals surface area contributed by atoms with Crippen molar-refractivity contribution in [2.45, 2.75) is 39.4 Å². The molecule has 1 aliphatic rings. The topological polar surface area (TPSA) is 52.7 Å². The van der Waals surface area contributed by atoms with Crippen molar-refractivity contribution in [1.29, 1.82) is 0 Å². The molecule has 0 saturated carbocycles. The van der Waals surface area contributed by atoms with Crippen LogP contribution in [-0.2, 0) is 13.1 Å². The van der Waals surface area contributed by atoms with Gasteiger partial charge in [0, 0.05) is 56.6 Å². The highest BCUT2D eigenvalue weighted by Crippen LogP contribution is 2.24. The van der Waals surface area contributed by atoms with Gasteiger partial charge in [0.15, 0.2) is 0 Å². The molecule has 3 aromatic rings. The number of hydrogen-bond acceptors (Lipinski definition) is 5. The zero-order valence-electron chi connectivity index (χ0n) is 17.9. The summed E-state index contributed by atoms with van der Waals surface area (Å²) >= 11 is 0. The molecule has 5 heteroatoms. The summed E-state index contributed by atoms with van der Waals surface area (Å²) in [5.41, 5.74) is 4.57. The van der Waals surface area contributed by atoms with Gasteiger partial charge >= 0.3 is 0 Å². The summed E-state index contributed by atoms with van der Waals surface area (Å²) in [4.78, 5) is 9.62. The van der Waals surface area contributed by atoms with Crippen LogP contribution in [0, 0.1) is 13.8 Å². The number of benzene rings is 1. The molecule has 158 valence electrons. The fraction of sp³-hybridized carbons (Fsp3) is 0.400. The Kier molecular flexibility index (Phi) is 6.62. The lowest BCUT2D eigenvalue weighted by molar-refractivity contribution is 0.0491. The average Bonchev–Trinajstić information content (AvgIpc) is 3.17. The predicted molar refractivity (Wildman–Crippen MR) is 119 cm³/mol. The molecule has 1 N–H and O–H groups in total. The van der Waals surface area contributed by atoms with Crippen LogP contribution in [0.1, 0.15) is 29.1 Å². The van der Waals surface area contributed by atoms with E-state index in [0.29, 0.717) is 6.04 Å². The van der Waals surface area contributed by atoms with Gasteiger partial charge in [0.05, 0.1) is 5.69 Å². The Labute approximate surface area is 179 Å². The summed E-state index contributed by atoms with van der Waals surface area (Å²) in [6.07, 6.45) is 0.786. The molecule has 0 amide bonds. The van der Waals surface area contributed by atoms with Crippen LogP contribution in [-0.4, -0.2) is 52.2 Å². The third-order valence-corrected chi connectivity index (χ3v) is 5.82. The van der Waals surface area contributed by atoms with Crippen molar-refractivity contribution in [2.24, 2.45) is 0 Å². The third-order valence-electron chi connectivity index (χ3n) is 5.82. The molecular formula is C25H31N3O2. The minimum Gasteiger partial charge on any atom is -0.461 e. The molecule has 1 aromatic carbocycles. The van der Waals surface area contributed by atoms with E-state index in [0.717, 1.165) is 67.6 Å². The van der Waals surface area contributed by atoms with E-state index < -0.39 is 0 Å². The van der Waals surface area contributed by atoms with E-state index in [2.05, 4.69) is 51.2 Å². The van der Waals surface area contributed by atoms with E-state index in [1.165, 1.54) is 5.56 Å². The normalized spacial score (nSPS) is 18.0. The fourth-order valence-corrected chi connectivity index (χ4v) is 4.30. The minimum atomic E-state index is 0.212. The summed E-state index contributed by atoms with van der Waals surface area (Å²) in [6.45, 7) is 8.92. The van der Waals surface area contributed by atoms with Crippen LogP contribution in [0.3, 0.4) is 0 Å². The molecule has 0 aliphatic carbocycles. The number of hydrogen-bond donors (Lipinski definition) is 1. The SMILES string of the molecule is Cc1cccc(CN2CCN(Cc3cccc(-c4ccc(C)o4)c3)CC2CCO)n1. The van der Waals surface area contributed by atoms with Gasteiger partial charge in [-0.15, -0.1) is 0 Å². The van der Waals surface area contributed by atoms with Gasteiger partial charge in [0.25, 0.3) is 0 Å². The largest absolute Gasteiger partial charge is 0.461 e. The van der Waals surface area contributed by atoms with E-state index in [4.69, 9.17) is 4.42 Å². The number of piperazine rings is 1. The molecule has 1 unspecified atom stereocenters. The van der Waals surface area contributed by atoms with E-state index in [9.17, 15) is 5.11 Å². The van der Waals surface area contributed by atoms with Crippen LogP contribution < -0.4 is 0 Å². The smallest absolute Gasteiger partial charge is 0.134 e. The fourth-order valence-electron chi connectivity index (χ4n) is 4.30. The van der Waals surface area contributed by atoms with E-state index >= 15 is 0 Å². The van der Waals surface area contributed by atoms with Gasteiger partial charge in [-0.3, -0.25) is 14.8 Å². The van der Waals surface area contributed by atoms with Crippen LogP contribution in [0.4, 0.5) is 0 Å². The molecule has 1 aliphatic heterocycles. The lowest BCUT2D eigenvalue weighted by Gasteiger charge is -2.41. The molecule has 1 atom stereocenters. The van der Waals surface area contributed by atoms with Crippen molar-refractivity contribution >= 4 is 0 Å². The molecule has 30 heavy (non-hydrogen) atoms. The van der Waals surface area contributed by atoms with Crippen LogP contribution in [0.15, 0.2) is 59.0 Å². The first-order valence-electron chi connectivity index (χ1n) is 10.8. The lowest BCUT2D eigenvalue weighted by atomic mass is 10.1. The zero-order valence-corrected chi connectivity index (χ0v) is 17.9. The van der Waals surface area contributed by atoms with Gasteiger partial charge in [-0.05, 0) is 56.2 Å². The highest BCUT2D eigenvalue weighted by atomic mass is 16.3. The van der Waals surface area contributed by atoms with Crippen LogP contribution in [0.2, 0.25) is 0 Å². The molecule has 4 rings (SSSR count). The number of nitrogens with zero attached hydrogens (tertiary/aromatic N) is 3. The molecule has 0 spiro atoms. The highest BCUT2D eigenvalue weighted by Gasteiger charge is 2.27. The first kappa shape index (κ1) is 20.8. The standard InChI is InChI=1S/C25H31N3O2/c1-19-5-3-8-23(26-19)17-28-13-12-27(18-24(28)11-14-29)16-21-6-4-7-22(15-21)25-10-9-20(2)30-25/h3-10,15,24,29H,11-14,16-18H2,1-2H3. The van der Waals surface area contributed by atoms with Crippen LogP contribution >= 0.6 is 0 Å². The monoisotopic (exact) mass is 405 g/mol. The quantitative estimate of drug-likeness (QED) is 0.643. The Hall–Kier alpha value is -2.47. The maximum absolute atomic E-state index is 9.62. The first-order valence-corrected chi connectivity index (χ1v) is 10.8. The first-order chi connectivity index (χ1) is 14.6. The Balaban J connectivity index is 1.42. The van der Waals surface area contributed by atoms with Crippen molar-refractivity contribution < 1.29 is 9.52 Å². The van der Waals surface area contributed by atoms with E-state index in [1.807, 2.05) is 32.0 Å². The van der Waals surface area contributed by atoms with Crippen molar-refractivity contribution in [1.82, 2.24) is 14.8 Å². The van der Waals surface area contributed by atoms with Gasteiger partial charge in [-0.25, -0.2) is 0 Å². The number of aliphatic hydroxyl groups is 1. The number of furan rings is 1. The number of aliphatic hydroxyl groups excluding tert-OH is 1. The van der Waals surface area contributed by atoms with Gasteiger partial charge in [-0.2, -0.15) is 0 Å². The molecule has 5 nitrogen and oxygen atoms in total. The number of aryl methyl sites for hydroxylation is 2. The van der Waals surface area contributed by atoms with Gasteiger partial charge < -0.3 is 9.52 Å². The summed E-state index contributed by atoms with van der Waals surface area (Å²) in [7, 11) is 0. The van der Waals surface area contributed by atoms with Crippen molar-refractivity contribution in [3.63, 3.8) is 0 Å². The van der Waals surface area contributed by atoms with Crippen LogP contribution in [0.25, 0.3) is 11.3 Å². The molecule has 3 heterocycles. The Morgan fingerprint density at radius 1 is 1.03 bits per heavy atom. The molecule has 1 fully saturated rings. The molecule has 0 bridgehead atoms. The summed E-state index contributed by atoms with van der Waals surface area (Å²) in [6, 6.07) is 19.2. The molecule has 2 aromatic heterocycles.